The van der Waals surface area contributed by atoms with Crippen LogP contribution in [-0.2, 0) is 4.79 Å². The summed E-state index contributed by atoms with van der Waals surface area (Å²) in [7, 11) is 0. The number of nitrogens with one attached hydrogen (secondary N) is 1. The average molecular weight is 242 g/mol. The van der Waals surface area contributed by atoms with Gasteiger partial charge in [-0.15, -0.1) is 0 Å². The monoisotopic (exact) mass is 242 g/mol. The summed E-state index contributed by atoms with van der Waals surface area (Å²) in [6.45, 7) is 7.57. The molecule has 1 saturated carbocycles. The molecule has 1 unspecified atom stereocenters. The molecule has 0 spiro atoms. The third-order valence-electron chi connectivity index (χ3n) is 3.57. The number of nitrogens with zero attached hydrogens (tertiary/aromatic N) is 1. The highest BCUT2D eigenvalue weighted by molar-refractivity contribution is 5.73. The molecule has 100 valence electrons. The molecule has 1 aliphatic rings. The molecule has 17 heavy (non-hydrogen) atoms. The molecule has 0 aromatic carbocycles. The minimum Gasteiger partial charge on any atom is -0.480 e. The summed E-state index contributed by atoms with van der Waals surface area (Å²) in [5, 5.41) is 12.3. The van der Waals surface area contributed by atoms with Crippen LogP contribution in [0.1, 0.15) is 39.5 Å². The summed E-state index contributed by atoms with van der Waals surface area (Å²) >= 11 is 0. The Morgan fingerprint density at radius 3 is 2.59 bits per heavy atom. The molecule has 2 N–H and O–H groups in total. The fraction of sp³-hybridized carbons (Fsp3) is 0.923. The Labute approximate surface area is 104 Å². The van der Waals surface area contributed by atoms with E-state index in [2.05, 4.69) is 24.1 Å². The Hall–Kier alpha value is -0.610. The zero-order chi connectivity index (χ0) is 12.7. The van der Waals surface area contributed by atoms with Crippen molar-refractivity contribution in [1.82, 2.24) is 10.2 Å². The third kappa shape index (κ3) is 5.04. The van der Waals surface area contributed by atoms with E-state index in [1.807, 2.05) is 0 Å². The molecular formula is C13H26N2O2. The van der Waals surface area contributed by atoms with E-state index < -0.39 is 12.0 Å². The van der Waals surface area contributed by atoms with Crippen LogP contribution in [0.25, 0.3) is 0 Å². The molecule has 0 aliphatic heterocycles. The lowest BCUT2D eigenvalue weighted by Gasteiger charge is -2.33. The van der Waals surface area contributed by atoms with Gasteiger partial charge < -0.3 is 15.3 Å². The van der Waals surface area contributed by atoms with Gasteiger partial charge in [0.1, 0.15) is 6.04 Å². The van der Waals surface area contributed by atoms with Crippen molar-refractivity contribution in [2.75, 3.05) is 26.2 Å². The van der Waals surface area contributed by atoms with Gasteiger partial charge in [0.05, 0.1) is 0 Å². The van der Waals surface area contributed by atoms with E-state index in [0.717, 1.165) is 32.0 Å². The molecule has 1 atom stereocenters. The first kappa shape index (κ1) is 14.5. The number of hydrogen-bond acceptors (Lipinski definition) is 3. The van der Waals surface area contributed by atoms with E-state index in [-0.39, 0.29) is 0 Å². The van der Waals surface area contributed by atoms with Gasteiger partial charge >= 0.3 is 5.97 Å². The smallest absolute Gasteiger partial charge is 0.322 e. The zero-order valence-corrected chi connectivity index (χ0v) is 11.1. The van der Waals surface area contributed by atoms with Crippen LogP contribution in [0.2, 0.25) is 0 Å². The van der Waals surface area contributed by atoms with Gasteiger partial charge in [-0.05, 0) is 38.3 Å². The Balaban J connectivity index is 2.35. The van der Waals surface area contributed by atoms with E-state index in [0.29, 0.717) is 6.54 Å². The maximum atomic E-state index is 11.1. The number of carboxylic acids is 1. The predicted molar refractivity (Wildman–Crippen MR) is 69.2 cm³/mol. The molecule has 4 heteroatoms. The van der Waals surface area contributed by atoms with Crippen molar-refractivity contribution in [2.45, 2.75) is 45.6 Å². The molecular weight excluding hydrogens is 216 g/mol. The van der Waals surface area contributed by atoms with Crippen LogP contribution < -0.4 is 5.32 Å². The van der Waals surface area contributed by atoms with Gasteiger partial charge in [0.2, 0.25) is 0 Å². The number of rotatable bonds is 9. The van der Waals surface area contributed by atoms with Crippen LogP contribution in [0.4, 0.5) is 0 Å². The minimum absolute atomic E-state index is 0.421. The number of likely N-dealkylation sites (N-methyl/N-ethyl adjacent to an activating group) is 1. The highest BCUT2D eigenvalue weighted by Crippen LogP contribution is 2.26. The van der Waals surface area contributed by atoms with Gasteiger partial charge in [-0.2, -0.15) is 0 Å². The van der Waals surface area contributed by atoms with Crippen LogP contribution in [0.15, 0.2) is 0 Å². The van der Waals surface area contributed by atoms with Crippen molar-refractivity contribution < 1.29 is 9.90 Å². The summed E-state index contributed by atoms with van der Waals surface area (Å²) in [5.74, 6) is 0.0704. The first-order chi connectivity index (χ1) is 8.17. The van der Waals surface area contributed by atoms with E-state index >= 15 is 0 Å². The predicted octanol–water partition coefficient (Wildman–Crippen LogP) is 1.56. The number of aliphatic carboxylic acids is 1. The van der Waals surface area contributed by atoms with E-state index in [1.54, 1.807) is 0 Å². The van der Waals surface area contributed by atoms with Crippen molar-refractivity contribution in [2.24, 2.45) is 5.92 Å². The SMILES string of the molecule is CCCNC(CN(CC)CC1CCC1)C(=O)O. The molecule has 0 heterocycles. The van der Waals surface area contributed by atoms with Gasteiger partial charge in [0.15, 0.2) is 0 Å². The fourth-order valence-corrected chi connectivity index (χ4v) is 2.18. The Morgan fingerprint density at radius 2 is 2.18 bits per heavy atom. The van der Waals surface area contributed by atoms with E-state index in [4.69, 9.17) is 5.11 Å². The topological polar surface area (TPSA) is 52.6 Å². The maximum absolute atomic E-state index is 11.1. The standard InChI is InChI=1S/C13H26N2O2/c1-3-8-14-12(13(16)17)10-15(4-2)9-11-6-5-7-11/h11-12,14H,3-10H2,1-2H3,(H,16,17). The van der Waals surface area contributed by atoms with E-state index in [1.165, 1.54) is 19.3 Å². The summed E-state index contributed by atoms with van der Waals surface area (Å²) in [6, 6.07) is -0.421. The van der Waals surface area contributed by atoms with Crippen LogP contribution >= 0.6 is 0 Å². The van der Waals surface area contributed by atoms with Crippen molar-refractivity contribution in [3.63, 3.8) is 0 Å². The first-order valence-corrected chi connectivity index (χ1v) is 6.85. The van der Waals surface area contributed by atoms with Crippen LogP contribution in [-0.4, -0.2) is 48.2 Å². The number of carboxylic acid groups (broad SMARTS) is 1. The average Bonchev–Trinajstić information content (AvgIpc) is 2.25. The minimum atomic E-state index is -0.731. The normalized spacial score (nSPS) is 18.1. The molecule has 0 radical (unpaired) electrons. The molecule has 4 nitrogen and oxygen atoms in total. The highest BCUT2D eigenvalue weighted by Gasteiger charge is 2.24. The number of carbonyl (C=O) groups is 1. The molecule has 1 aliphatic carbocycles. The zero-order valence-electron chi connectivity index (χ0n) is 11.1. The van der Waals surface area contributed by atoms with Crippen molar-refractivity contribution in [3.8, 4) is 0 Å². The molecule has 1 rings (SSSR count). The second kappa shape index (κ2) is 7.67. The van der Waals surface area contributed by atoms with Gasteiger partial charge in [-0.3, -0.25) is 4.79 Å². The Bertz CT molecular complexity index is 229. The summed E-state index contributed by atoms with van der Waals surface area (Å²) in [5.41, 5.74) is 0. The first-order valence-electron chi connectivity index (χ1n) is 6.85. The molecule has 0 saturated heterocycles. The van der Waals surface area contributed by atoms with Crippen LogP contribution in [0.5, 0.6) is 0 Å². The van der Waals surface area contributed by atoms with Crippen LogP contribution in [0, 0.1) is 5.92 Å². The largest absolute Gasteiger partial charge is 0.480 e. The van der Waals surface area contributed by atoms with Gasteiger partial charge in [-0.1, -0.05) is 20.3 Å². The third-order valence-corrected chi connectivity index (χ3v) is 3.57. The summed E-state index contributed by atoms with van der Waals surface area (Å²) < 4.78 is 0. The number of hydrogen-bond donors (Lipinski definition) is 2. The molecule has 1 fully saturated rings. The van der Waals surface area contributed by atoms with Crippen molar-refractivity contribution in [1.29, 1.82) is 0 Å². The lowest BCUT2D eigenvalue weighted by atomic mass is 9.85. The molecule has 0 amide bonds. The highest BCUT2D eigenvalue weighted by atomic mass is 16.4. The molecule has 0 bridgehead atoms. The Kier molecular flexibility index (Phi) is 6.52. The second-order valence-corrected chi connectivity index (χ2v) is 4.99. The van der Waals surface area contributed by atoms with Gasteiger partial charge in [0, 0.05) is 13.1 Å². The Morgan fingerprint density at radius 1 is 1.47 bits per heavy atom. The molecule has 0 aromatic rings. The second-order valence-electron chi connectivity index (χ2n) is 4.99. The summed E-state index contributed by atoms with van der Waals surface area (Å²) in [4.78, 5) is 13.4. The maximum Gasteiger partial charge on any atom is 0.322 e. The fourth-order valence-electron chi connectivity index (χ4n) is 2.18. The lowest BCUT2D eigenvalue weighted by Crippen LogP contribution is -2.47. The van der Waals surface area contributed by atoms with Crippen LogP contribution in [0.3, 0.4) is 0 Å². The molecule has 0 aromatic heterocycles. The summed E-state index contributed by atoms with van der Waals surface area (Å²) in [6.07, 6.45) is 4.95. The van der Waals surface area contributed by atoms with Gasteiger partial charge in [0.25, 0.3) is 0 Å². The van der Waals surface area contributed by atoms with Crippen molar-refractivity contribution >= 4 is 5.97 Å². The van der Waals surface area contributed by atoms with Crippen molar-refractivity contribution in [3.05, 3.63) is 0 Å². The van der Waals surface area contributed by atoms with Gasteiger partial charge in [-0.25, -0.2) is 0 Å². The quantitative estimate of drug-likeness (QED) is 0.644. The lowest BCUT2D eigenvalue weighted by molar-refractivity contribution is -0.140. The van der Waals surface area contributed by atoms with E-state index in [9.17, 15) is 4.79 Å².